The minimum atomic E-state index is -0.872. The maximum atomic E-state index is 11.7. The lowest BCUT2D eigenvalue weighted by molar-refractivity contribution is -0.385. The number of benzene rings is 1. The molecule has 0 aliphatic heterocycles. The van der Waals surface area contributed by atoms with E-state index >= 15 is 0 Å². The van der Waals surface area contributed by atoms with Crippen LogP contribution < -0.4 is 0 Å². The molecule has 0 spiro atoms. The Balaban J connectivity index is 3.34. The van der Waals surface area contributed by atoms with Crippen molar-refractivity contribution in [2.24, 2.45) is 0 Å². The SMILES string of the molecule is COC(=O)c1cc(C(=C=O)N(C)OC(C)(C)C)ccc1[N+](=O)[O-]. The molecule has 0 amide bonds. The van der Waals surface area contributed by atoms with E-state index in [0.717, 1.165) is 13.2 Å². The van der Waals surface area contributed by atoms with Gasteiger partial charge in [-0.25, -0.2) is 14.7 Å². The third-order valence-electron chi connectivity index (χ3n) is 2.69. The fourth-order valence-corrected chi connectivity index (χ4v) is 1.88. The second kappa shape index (κ2) is 7.04. The highest BCUT2D eigenvalue weighted by molar-refractivity contribution is 5.96. The molecule has 0 atom stereocenters. The number of rotatable bonds is 5. The fraction of sp³-hybridized carbons (Fsp3) is 0.400. The molecule has 0 heterocycles. The van der Waals surface area contributed by atoms with Gasteiger partial charge in [0.15, 0.2) is 11.6 Å². The maximum Gasteiger partial charge on any atom is 0.344 e. The highest BCUT2D eigenvalue weighted by Gasteiger charge is 2.24. The molecule has 124 valence electrons. The maximum absolute atomic E-state index is 11.7. The zero-order chi connectivity index (χ0) is 17.8. The van der Waals surface area contributed by atoms with Gasteiger partial charge in [-0.05, 0) is 32.9 Å². The molecule has 0 N–H and O–H groups in total. The van der Waals surface area contributed by atoms with Crippen LogP contribution in [0.5, 0.6) is 0 Å². The van der Waals surface area contributed by atoms with Crippen LogP contribution >= 0.6 is 0 Å². The molecule has 1 aromatic rings. The zero-order valence-electron chi connectivity index (χ0n) is 13.6. The first-order valence-corrected chi connectivity index (χ1v) is 6.65. The summed E-state index contributed by atoms with van der Waals surface area (Å²) in [4.78, 5) is 38.8. The third-order valence-corrected chi connectivity index (χ3v) is 2.69. The highest BCUT2D eigenvalue weighted by atomic mass is 16.7. The number of hydrogen-bond acceptors (Lipinski definition) is 7. The van der Waals surface area contributed by atoms with Crippen LogP contribution in [0, 0.1) is 10.1 Å². The topological polar surface area (TPSA) is 99.0 Å². The number of esters is 1. The number of nitro groups is 1. The van der Waals surface area contributed by atoms with Crippen LogP contribution in [0.15, 0.2) is 18.2 Å². The molecule has 0 saturated heterocycles. The van der Waals surface area contributed by atoms with E-state index in [9.17, 15) is 19.7 Å². The lowest BCUT2D eigenvalue weighted by atomic mass is 10.1. The van der Waals surface area contributed by atoms with Crippen LogP contribution in [0.25, 0.3) is 5.70 Å². The Morgan fingerprint density at radius 2 is 1.96 bits per heavy atom. The molecule has 8 nitrogen and oxygen atoms in total. The minimum Gasteiger partial charge on any atom is -0.465 e. The second-order valence-corrected chi connectivity index (χ2v) is 5.63. The van der Waals surface area contributed by atoms with Crippen LogP contribution in [-0.4, -0.2) is 41.7 Å². The second-order valence-electron chi connectivity index (χ2n) is 5.63. The van der Waals surface area contributed by atoms with Crippen molar-refractivity contribution in [1.29, 1.82) is 0 Å². The molecular weight excluding hydrogens is 304 g/mol. The van der Waals surface area contributed by atoms with Gasteiger partial charge in [0.1, 0.15) is 5.56 Å². The summed E-state index contributed by atoms with van der Waals surface area (Å²) in [7, 11) is 2.62. The summed E-state index contributed by atoms with van der Waals surface area (Å²) in [6, 6.07) is 3.67. The number of hydrogen-bond donors (Lipinski definition) is 0. The first-order valence-electron chi connectivity index (χ1n) is 6.65. The number of methoxy groups -OCH3 is 1. The number of hydroxylamine groups is 2. The van der Waals surface area contributed by atoms with Crippen molar-refractivity contribution in [3.8, 4) is 0 Å². The monoisotopic (exact) mass is 322 g/mol. The van der Waals surface area contributed by atoms with Gasteiger partial charge in [0.25, 0.3) is 5.69 Å². The smallest absolute Gasteiger partial charge is 0.344 e. The molecule has 0 aromatic heterocycles. The molecule has 1 aromatic carbocycles. The molecule has 23 heavy (non-hydrogen) atoms. The van der Waals surface area contributed by atoms with E-state index in [1.54, 1.807) is 26.7 Å². The van der Waals surface area contributed by atoms with E-state index in [1.807, 2.05) is 0 Å². The van der Waals surface area contributed by atoms with Crippen molar-refractivity contribution in [1.82, 2.24) is 5.06 Å². The van der Waals surface area contributed by atoms with Crippen molar-refractivity contribution in [3.05, 3.63) is 39.4 Å². The van der Waals surface area contributed by atoms with Gasteiger partial charge in [-0.3, -0.25) is 15.0 Å². The van der Waals surface area contributed by atoms with Gasteiger partial charge in [-0.15, -0.1) is 0 Å². The van der Waals surface area contributed by atoms with Crippen LogP contribution in [0.3, 0.4) is 0 Å². The molecule has 0 saturated carbocycles. The van der Waals surface area contributed by atoms with Gasteiger partial charge in [0.05, 0.1) is 17.6 Å². The third kappa shape index (κ3) is 4.64. The van der Waals surface area contributed by atoms with E-state index < -0.39 is 22.2 Å². The minimum absolute atomic E-state index is 0.0000222. The van der Waals surface area contributed by atoms with Gasteiger partial charge in [0, 0.05) is 18.7 Å². The summed E-state index contributed by atoms with van der Waals surface area (Å²) in [5.41, 5.74) is -0.988. The molecule has 1 rings (SSSR count). The fourth-order valence-electron chi connectivity index (χ4n) is 1.88. The van der Waals surface area contributed by atoms with E-state index in [4.69, 9.17) is 4.84 Å². The van der Waals surface area contributed by atoms with E-state index in [0.29, 0.717) is 0 Å². The van der Waals surface area contributed by atoms with Crippen molar-refractivity contribution in [2.75, 3.05) is 14.2 Å². The molecule has 0 unspecified atom stereocenters. The Hall–Kier alpha value is -2.70. The van der Waals surface area contributed by atoms with Crippen molar-refractivity contribution < 1.29 is 24.1 Å². The largest absolute Gasteiger partial charge is 0.465 e. The zero-order valence-corrected chi connectivity index (χ0v) is 13.6. The standard InChI is InChI=1S/C15H18N2O6/c1-15(2,3)23-16(4)13(9-18)10-6-7-12(17(20)21)11(8-10)14(19)22-5/h6-8H,1-5H3. The van der Waals surface area contributed by atoms with Gasteiger partial charge in [-0.2, -0.15) is 0 Å². The summed E-state index contributed by atoms with van der Waals surface area (Å²) in [5, 5.41) is 12.2. The average molecular weight is 322 g/mol. The van der Waals surface area contributed by atoms with Crippen molar-refractivity contribution in [3.63, 3.8) is 0 Å². The Bertz CT molecular complexity index is 671. The molecule has 0 aliphatic carbocycles. The summed E-state index contributed by atoms with van der Waals surface area (Å²) in [5.74, 6) is 0.847. The van der Waals surface area contributed by atoms with Crippen LogP contribution in [-0.2, 0) is 14.4 Å². The first kappa shape index (κ1) is 18.3. The molecule has 0 fully saturated rings. The van der Waals surface area contributed by atoms with Crippen LogP contribution in [0.1, 0.15) is 36.7 Å². The lowest BCUT2D eigenvalue weighted by Gasteiger charge is -2.28. The number of carbonyl (C=O) groups excluding carboxylic acids is 2. The first-order chi connectivity index (χ1) is 10.6. The van der Waals surface area contributed by atoms with Gasteiger partial charge < -0.3 is 4.74 Å². The average Bonchev–Trinajstić information content (AvgIpc) is 2.44. The quantitative estimate of drug-likeness (QED) is 0.354. The predicted molar refractivity (Wildman–Crippen MR) is 82.1 cm³/mol. The lowest BCUT2D eigenvalue weighted by Crippen LogP contribution is -2.30. The summed E-state index contributed by atoms with van der Waals surface area (Å²) in [6.45, 7) is 5.38. The molecule has 0 radical (unpaired) electrons. The normalized spacial score (nSPS) is 10.7. The van der Waals surface area contributed by atoms with E-state index in [1.165, 1.54) is 24.2 Å². The Labute approximate surface area is 133 Å². The summed E-state index contributed by atoms with van der Waals surface area (Å²) < 4.78 is 4.54. The van der Waals surface area contributed by atoms with Gasteiger partial charge in [0.2, 0.25) is 0 Å². The van der Waals surface area contributed by atoms with Gasteiger partial charge in [-0.1, -0.05) is 0 Å². The highest BCUT2D eigenvalue weighted by Crippen LogP contribution is 2.26. The predicted octanol–water partition coefficient (Wildman–Crippen LogP) is 2.22. The Morgan fingerprint density at radius 3 is 2.39 bits per heavy atom. The van der Waals surface area contributed by atoms with Gasteiger partial charge >= 0.3 is 5.97 Å². The number of nitrogens with zero attached hydrogens (tertiary/aromatic N) is 2. The molecule has 8 heteroatoms. The van der Waals surface area contributed by atoms with Crippen molar-refractivity contribution in [2.45, 2.75) is 26.4 Å². The van der Waals surface area contributed by atoms with Crippen LogP contribution in [0.2, 0.25) is 0 Å². The molecule has 0 bridgehead atoms. The Morgan fingerprint density at radius 1 is 1.35 bits per heavy atom. The molecule has 0 aliphatic rings. The Kier molecular flexibility index (Phi) is 5.62. The van der Waals surface area contributed by atoms with E-state index in [2.05, 4.69) is 4.74 Å². The molecular formula is C15H18N2O6. The van der Waals surface area contributed by atoms with E-state index in [-0.39, 0.29) is 16.8 Å². The number of carbonyl (C=O) groups is 1. The summed E-state index contributed by atoms with van der Waals surface area (Å²) >= 11 is 0. The summed E-state index contributed by atoms with van der Waals surface area (Å²) in [6.07, 6.45) is 0. The van der Waals surface area contributed by atoms with Crippen molar-refractivity contribution >= 4 is 23.3 Å². The number of nitro benzene ring substituents is 1. The van der Waals surface area contributed by atoms with Crippen LogP contribution in [0.4, 0.5) is 5.69 Å². The number of ether oxygens (including phenoxy) is 1.